The van der Waals surface area contributed by atoms with Crippen LogP contribution in [0.1, 0.15) is 15.9 Å². The molecule has 0 bridgehead atoms. The third-order valence-electron chi connectivity index (χ3n) is 3.16. The van der Waals surface area contributed by atoms with Gasteiger partial charge in [0.25, 0.3) is 5.91 Å². The fourth-order valence-electron chi connectivity index (χ4n) is 1.99. The van der Waals surface area contributed by atoms with Crippen LogP contribution in [0.2, 0.25) is 0 Å². The van der Waals surface area contributed by atoms with Gasteiger partial charge in [-0.1, -0.05) is 18.2 Å². The van der Waals surface area contributed by atoms with E-state index in [2.05, 4.69) is 5.32 Å². The molecule has 0 aliphatic heterocycles. The second-order valence-electron chi connectivity index (χ2n) is 4.78. The molecular weight excluding hydrogens is 311 g/mol. The molecule has 0 aromatic heterocycles. The predicted molar refractivity (Wildman–Crippen MR) is 75.4 cm³/mol. The molecule has 0 fully saturated rings. The van der Waals surface area contributed by atoms with Gasteiger partial charge in [0, 0.05) is 12.5 Å². The number of carboxylic acids is 1. The summed E-state index contributed by atoms with van der Waals surface area (Å²) in [4.78, 5) is 23.2. The van der Waals surface area contributed by atoms with Crippen molar-refractivity contribution in [2.24, 2.45) is 0 Å². The van der Waals surface area contributed by atoms with Gasteiger partial charge in [-0.15, -0.1) is 0 Å². The minimum absolute atomic E-state index is 0.0970. The molecule has 0 unspecified atom stereocenters. The van der Waals surface area contributed by atoms with Crippen LogP contribution in [0, 0.1) is 17.5 Å². The number of carbonyl (C=O) groups excluding carboxylic acids is 1. The molecule has 23 heavy (non-hydrogen) atoms. The van der Waals surface area contributed by atoms with Gasteiger partial charge in [0.1, 0.15) is 23.5 Å². The van der Waals surface area contributed by atoms with Crippen LogP contribution in [0.4, 0.5) is 13.2 Å². The predicted octanol–water partition coefficient (Wildman–Crippen LogP) is 2.53. The third-order valence-corrected chi connectivity index (χ3v) is 3.16. The summed E-state index contributed by atoms with van der Waals surface area (Å²) in [6.45, 7) is 0. The van der Waals surface area contributed by atoms with Crippen molar-refractivity contribution in [3.05, 3.63) is 71.0 Å². The molecule has 120 valence electrons. The summed E-state index contributed by atoms with van der Waals surface area (Å²) >= 11 is 0. The summed E-state index contributed by atoms with van der Waals surface area (Å²) in [5, 5.41) is 11.2. The molecule has 4 nitrogen and oxygen atoms in total. The Morgan fingerprint density at radius 2 is 1.74 bits per heavy atom. The quantitative estimate of drug-likeness (QED) is 0.888. The fraction of sp³-hybridized carbons (Fsp3) is 0.125. The van der Waals surface area contributed by atoms with Crippen LogP contribution >= 0.6 is 0 Å². The van der Waals surface area contributed by atoms with Gasteiger partial charge in [-0.2, -0.15) is 0 Å². The Balaban J connectivity index is 2.18. The Kier molecular flexibility index (Phi) is 5.00. The molecule has 0 radical (unpaired) electrons. The van der Waals surface area contributed by atoms with Crippen molar-refractivity contribution >= 4 is 11.9 Å². The normalized spacial score (nSPS) is 11.8. The minimum atomic E-state index is -1.45. The van der Waals surface area contributed by atoms with E-state index < -0.39 is 40.9 Å². The second-order valence-corrected chi connectivity index (χ2v) is 4.78. The molecule has 2 rings (SSSR count). The number of nitrogens with one attached hydrogen (secondary N) is 1. The van der Waals surface area contributed by atoms with Crippen molar-refractivity contribution in [2.45, 2.75) is 12.5 Å². The average Bonchev–Trinajstić information content (AvgIpc) is 2.48. The lowest BCUT2D eigenvalue weighted by Crippen LogP contribution is -2.42. The van der Waals surface area contributed by atoms with Gasteiger partial charge in [-0.05, 0) is 23.8 Å². The molecule has 2 aromatic rings. The maximum atomic E-state index is 13.6. The number of carbonyl (C=O) groups is 2. The van der Waals surface area contributed by atoms with Crippen molar-refractivity contribution in [2.75, 3.05) is 0 Å². The monoisotopic (exact) mass is 323 g/mol. The smallest absolute Gasteiger partial charge is 0.326 e. The molecule has 2 aromatic carbocycles. The first kappa shape index (κ1) is 16.5. The van der Waals surface area contributed by atoms with E-state index in [1.807, 2.05) is 0 Å². The van der Waals surface area contributed by atoms with Crippen LogP contribution in [0.15, 0.2) is 42.5 Å². The minimum Gasteiger partial charge on any atom is -0.480 e. The second kappa shape index (κ2) is 6.95. The van der Waals surface area contributed by atoms with Crippen LogP contribution in [-0.2, 0) is 11.2 Å². The van der Waals surface area contributed by atoms with E-state index >= 15 is 0 Å². The standard InChI is InChI=1S/C16H12F3NO3/c17-10-5-6-11(13(19)8-10)15(21)20-14(16(22)23)7-9-3-1-2-4-12(9)18/h1-6,8,14H,7H2,(H,20,21)(H,22,23)/t14-/m1/s1. The summed E-state index contributed by atoms with van der Waals surface area (Å²) < 4.78 is 39.9. The maximum Gasteiger partial charge on any atom is 0.326 e. The number of hydrogen-bond acceptors (Lipinski definition) is 2. The van der Waals surface area contributed by atoms with E-state index in [9.17, 15) is 22.8 Å². The van der Waals surface area contributed by atoms with Crippen LogP contribution < -0.4 is 5.32 Å². The van der Waals surface area contributed by atoms with Crippen molar-refractivity contribution in [3.63, 3.8) is 0 Å². The van der Waals surface area contributed by atoms with E-state index in [1.165, 1.54) is 18.2 Å². The Morgan fingerprint density at radius 1 is 1.04 bits per heavy atom. The highest BCUT2D eigenvalue weighted by Gasteiger charge is 2.23. The molecule has 0 spiro atoms. The van der Waals surface area contributed by atoms with Crippen LogP contribution in [0.25, 0.3) is 0 Å². The molecule has 1 amide bonds. The van der Waals surface area contributed by atoms with E-state index in [1.54, 1.807) is 0 Å². The van der Waals surface area contributed by atoms with Gasteiger partial charge in [0.2, 0.25) is 0 Å². The van der Waals surface area contributed by atoms with E-state index in [-0.39, 0.29) is 12.0 Å². The van der Waals surface area contributed by atoms with Crippen molar-refractivity contribution in [1.29, 1.82) is 0 Å². The number of amides is 1. The number of benzene rings is 2. The van der Waals surface area contributed by atoms with Crippen LogP contribution in [-0.4, -0.2) is 23.0 Å². The van der Waals surface area contributed by atoms with Gasteiger partial charge in [-0.3, -0.25) is 4.79 Å². The van der Waals surface area contributed by atoms with Crippen LogP contribution in [0.3, 0.4) is 0 Å². The van der Waals surface area contributed by atoms with Gasteiger partial charge in [-0.25, -0.2) is 18.0 Å². The summed E-state index contributed by atoms with van der Waals surface area (Å²) in [5.74, 6) is -5.01. The largest absolute Gasteiger partial charge is 0.480 e. The number of carboxylic acid groups (broad SMARTS) is 1. The van der Waals surface area contributed by atoms with Gasteiger partial charge < -0.3 is 10.4 Å². The zero-order chi connectivity index (χ0) is 17.0. The summed E-state index contributed by atoms with van der Waals surface area (Å²) in [6, 6.07) is 6.36. The topological polar surface area (TPSA) is 66.4 Å². The van der Waals surface area contributed by atoms with Crippen molar-refractivity contribution in [1.82, 2.24) is 5.32 Å². The Morgan fingerprint density at radius 3 is 2.35 bits per heavy atom. The molecule has 7 heteroatoms. The third kappa shape index (κ3) is 4.09. The zero-order valence-electron chi connectivity index (χ0n) is 11.7. The first-order chi connectivity index (χ1) is 10.9. The fourth-order valence-corrected chi connectivity index (χ4v) is 1.99. The highest BCUT2D eigenvalue weighted by atomic mass is 19.1. The first-order valence-corrected chi connectivity index (χ1v) is 6.60. The molecular formula is C16H12F3NO3. The Hall–Kier alpha value is -2.83. The number of rotatable bonds is 5. The van der Waals surface area contributed by atoms with Gasteiger partial charge in [0.15, 0.2) is 0 Å². The van der Waals surface area contributed by atoms with Crippen molar-refractivity contribution in [3.8, 4) is 0 Å². The molecule has 0 aliphatic carbocycles. The van der Waals surface area contributed by atoms with E-state index in [0.29, 0.717) is 6.07 Å². The van der Waals surface area contributed by atoms with E-state index in [0.717, 1.165) is 18.2 Å². The van der Waals surface area contributed by atoms with Gasteiger partial charge in [0.05, 0.1) is 5.56 Å². The number of halogens is 3. The molecule has 0 saturated carbocycles. The highest BCUT2D eigenvalue weighted by Crippen LogP contribution is 2.12. The number of hydrogen-bond donors (Lipinski definition) is 2. The lowest BCUT2D eigenvalue weighted by molar-refractivity contribution is -0.139. The molecule has 0 saturated heterocycles. The molecule has 0 heterocycles. The molecule has 2 N–H and O–H groups in total. The molecule has 0 aliphatic rings. The average molecular weight is 323 g/mol. The highest BCUT2D eigenvalue weighted by molar-refractivity contribution is 5.96. The van der Waals surface area contributed by atoms with E-state index in [4.69, 9.17) is 5.11 Å². The first-order valence-electron chi connectivity index (χ1n) is 6.60. The summed E-state index contributed by atoms with van der Waals surface area (Å²) in [5.41, 5.74) is -0.397. The zero-order valence-corrected chi connectivity index (χ0v) is 11.7. The summed E-state index contributed by atoms with van der Waals surface area (Å²) in [7, 11) is 0. The molecule has 1 atom stereocenters. The van der Waals surface area contributed by atoms with Crippen molar-refractivity contribution < 1.29 is 27.9 Å². The summed E-state index contributed by atoms with van der Waals surface area (Å²) in [6.07, 6.45) is -0.309. The lowest BCUT2D eigenvalue weighted by Gasteiger charge is -2.15. The SMILES string of the molecule is O=C(N[C@H](Cc1ccccc1F)C(=O)O)c1ccc(F)cc1F. The van der Waals surface area contributed by atoms with Gasteiger partial charge >= 0.3 is 5.97 Å². The Bertz CT molecular complexity index is 749. The maximum absolute atomic E-state index is 13.6. The van der Waals surface area contributed by atoms with Crippen LogP contribution in [0.5, 0.6) is 0 Å². The number of aliphatic carboxylic acids is 1. The lowest BCUT2D eigenvalue weighted by atomic mass is 10.0. The Labute approximate surface area is 129 Å².